The van der Waals surface area contributed by atoms with Crippen LogP contribution in [-0.4, -0.2) is 49.0 Å². The van der Waals surface area contributed by atoms with Gasteiger partial charge in [0.05, 0.1) is 0 Å². The maximum Gasteiger partial charge on any atom is 0.330 e. The molecule has 0 amide bonds. The number of aromatic amines is 1. The summed E-state index contributed by atoms with van der Waals surface area (Å²) >= 11 is 0. The van der Waals surface area contributed by atoms with Crippen LogP contribution >= 0.6 is 0 Å². The van der Waals surface area contributed by atoms with Gasteiger partial charge in [0, 0.05) is 12.3 Å². The molecule has 1 aromatic rings. The third-order valence-corrected chi connectivity index (χ3v) is 3.51. The fourth-order valence-corrected chi connectivity index (χ4v) is 2.25. The Balaban J connectivity index is 2.63. The largest absolute Gasteiger partial charge is 0.390 e. The van der Waals surface area contributed by atoms with Gasteiger partial charge in [0.25, 0.3) is 11.4 Å². The molecule has 4 N–H and O–H groups in total. The van der Waals surface area contributed by atoms with Gasteiger partial charge in [0.2, 0.25) is 0 Å². The number of hydrogen-bond donors (Lipinski definition) is 4. The first-order valence-corrected chi connectivity index (χ1v) is 6.02. The van der Waals surface area contributed by atoms with Crippen molar-refractivity contribution >= 4 is 0 Å². The minimum absolute atomic E-state index is 0.0777. The van der Waals surface area contributed by atoms with Gasteiger partial charge < -0.3 is 20.1 Å². The molecular weight excluding hydrogens is 287 g/mol. The van der Waals surface area contributed by atoms with Crippen LogP contribution < -0.4 is 11.2 Å². The minimum Gasteiger partial charge on any atom is -0.390 e. The second-order valence-corrected chi connectivity index (χ2v) is 4.94. The molecule has 0 saturated carbocycles. The first kappa shape index (κ1) is 15.6. The molecule has 4 unspecified atom stereocenters. The van der Waals surface area contributed by atoms with Crippen LogP contribution in [0.15, 0.2) is 34.0 Å². The van der Waals surface area contributed by atoms with Gasteiger partial charge in [0.1, 0.15) is 6.61 Å². The molecule has 9 heteroatoms. The summed E-state index contributed by atoms with van der Waals surface area (Å²) in [5.74, 6) is -2.98. The second kappa shape index (κ2) is 4.88. The van der Waals surface area contributed by atoms with Crippen molar-refractivity contribution in [3.05, 3.63) is 45.3 Å². The van der Waals surface area contributed by atoms with Crippen molar-refractivity contribution in [1.82, 2.24) is 9.55 Å². The van der Waals surface area contributed by atoms with Crippen molar-refractivity contribution in [2.75, 3.05) is 6.61 Å². The van der Waals surface area contributed by atoms with E-state index < -0.39 is 41.6 Å². The number of aliphatic hydroxyl groups excluding tert-OH is 2. The Bertz CT molecular complexity index is 685. The monoisotopic (exact) mass is 302 g/mol. The number of nitrogens with one attached hydrogen (secondary N) is 1. The van der Waals surface area contributed by atoms with Gasteiger partial charge >= 0.3 is 5.69 Å². The number of rotatable bonds is 3. The molecule has 1 aliphatic rings. The second-order valence-electron chi connectivity index (χ2n) is 4.94. The number of ether oxygens (including phenoxy) is 1. The highest BCUT2D eigenvalue weighted by atomic mass is 19.2. The molecule has 0 aliphatic carbocycles. The Morgan fingerprint density at radius 3 is 2.71 bits per heavy atom. The van der Waals surface area contributed by atoms with Crippen molar-refractivity contribution in [2.45, 2.75) is 30.7 Å². The van der Waals surface area contributed by atoms with Crippen LogP contribution in [0.25, 0.3) is 0 Å². The quantitative estimate of drug-likeness (QED) is 0.498. The topological polar surface area (TPSA) is 125 Å². The van der Waals surface area contributed by atoms with Crippen LogP contribution in [0.1, 0.15) is 13.2 Å². The lowest BCUT2D eigenvalue weighted by molar-refractivity contribution is -0.207. The molecule has 4 atom stereocenters. The van der Waals surface area contributed by atoms with Gasteiger partial charge in [-0.1, -0.05) is 6.58 Å². The maximum atomic E-state index is 14.3. The molecule has 1 aromatic heterocycles. The Labute approximate surface area is 117 Å². The zero-order chi connectivity index (χ0) is 16.0. The first-order chi connectivity index (χ1) is 9.66. The highest BCUT2D eigenvalue weighted by Gasteiger charge is 2.65. The predicted molar refractivity (Wildman–Crippen MR) is 68.1 cm³/mol. The SMILES string of the molecule is C=C(C)C1(O)C(n2ccc(=O)[nH]c2=O)OC(F)(CO)C1O. The molecule has 2 heterocycles. The zero-order valence-electron chi connectivity index (χ0n) is 11.1. The van der Waals surface area contributed by atoms with Gasteiger partial charge in [-0.3, -0.25) is 14.3 Å². The van der Waals surface area contributed by atoms with Crippen molar-refractivity contribution < 1.29 is 24.4 Å². The van der Waals surface area contributed by atoms with E-state index in [9.17, 15) is 24.2 Å². The molecule has 8 nitrogen and oxygen atoms in total. The van der Waals surface area contributed by atoms with Gasteiger partial charge in [-0.2, -0.15) is 0 Å². The summed E-state index contributed by atoms with van der Waals surface area (Å²) in [7, 11) is 0. The summed E-state index contributed by atoms with van der Waals surface area (Å²) in [5, 5.41) is 29.5. The Hall–Kier alpha value is -1.81. The lowest BCUT2D eigenvalue weighted by atomic mass is 9.87. The zero-order valence-corrected chi connectivity index (χ0v) is 11.1. The van der Waals surface area contributed by atoms with Crippen molar-refractivity contribution in [2.24, 2.45) is 0 Å². The number of aromatic nitrogens is 2. The summed E-state index contributed by atoms with van der Waals surface area (Å²) in [6.07, 6.45) is -2.89. The average molecular weight is 302 g/mol. The Kier molecular flexibility index (Phi) is 3.62. The van der Waals surface area contributed by atoms with E-state index in [1.165, 1.54) is 6.92 Å². The third kappa shape index (κ3) is 2.14. The van der Waals surface area contributed by atoms with Crippen molar-refractivity contribution in [3.8, 4) is 0 Å². The molecule has 1 aliphatic heterocycles. The van der Waals surface area contributed by atoms with Gasteiger partial charge in [0.15, 0.2) is 17.9 Å². The number of hydrogen-bond acceptors (Lipinski definition) is 6. The summed E-state index contributed by atoms with van der Waals surface area (Å²) in [4.78, 5) is 24.7. The van der Waals surface area contributed by atoms with E-state index >= 15 is 0 Å². The van der Waals surface area contributed by atoms with Crippen LogP contribution in [0.3, 0.4) is 0 Å². The van der Waals surface area contributed by atoms with Crippen LogP contribution in [-0.2, 0) is 4.74 Å². The molecule has 0 bridgehead atoms. The van der Waals surface area contributed by atoms with E-state index in [1.807, 2.05) is 4.98 Å². The van der Waals surface area contributed by atoms with E-state index in [4.69, 9.17) is 9.84 Å². The van der Waals surface area contributed by atoms with E-state index in [-0.39, 0.29) is 5.57 Å². The Morgan fingerprint density at radius 2 is 2.24 bits per heavy atom. The molecule has 0 spiro atoms. The number of alkyl halides is 1. The maximum absolute atomic E-state index is 14.3. The summed E-state index contributed by atoms with van der Waals surface area (Å²) < 4.78 is 19.9. The molecule has 21 heavy (non-hydrogen) atoms. The average Bonchev–Trinajstić information content (AvgIpc) is 2.62. The van der Waals surface area contributed by atoms with Crippen LogP contribution in [0.4, 0.5) is 4.39 Å². The van der Waals surface area contributed by atoms with Crippen molar-refractivity contribution in [1.29, 1.82) is 0 Å². The van der Waals surface area contributed by atoms with Crippen LogP contribution in [0.5, 0.6) is 0 Å². The number of H-pyrrole nitrogens is 1. The lowest BCUT2D eigenvalue weighted by Gasteiger charge is -2.32. The first-order valence-electron chi connectivity index (χ1n) is 6.02. The standard InChI is InChI=1S/C12H15FN2O6/c1-6(2)12(20)8(18)11(13,5-16)21-9(12)15-4-3-7(17)14-10(15)19/h3-4,8-9,16,18,20H,1,5H2,2H3,(H,14,17,19). The predicted octanol–water partition coefficient (Wildman–Crippen LogP) is -1.61. The molecular formula is C12H15FN2O6. The van der Waals surface area contributed by atoms with Crippen molar-refractivity contribution in [3.63, 3.8) is 0 Å². The highest BCUT2D eigenvalue weighted by Crippen LogP contribution is 2.47. The van der Waals surface area contributed by atoms with E-state index in [1.54, 1.807) is 0 Å². The number of nitrogens with zero attached hydrogens (tertiary/aromatic N) is 1. The van der Waals surface area contributed by atoms with Gasteiger partial charge in [-0.05, 0) is 12.5 Å². The van der Waals surface area contributed by atoms with Crippen LogP contribution in [0, 0.1) is 0 Å². The fraction of sp³-hybridized carbons (Fsp3) is 0.500. The third-order valence-electron chi connectivity index (χ3n) is 3.51. The fourth-order valence-electron chi connectivity index (χ4n) is 2.25. The minimum atomic E-state index is -2.98. The number of aliphatic hydroxyl groups is 3. The van der Waals surface area contributed by atoms with Crippen LogP contribution in [0.2, 0.25) is 0 Å². The normalized spacial score (nSPS) is 35.9. The molecule has 0 aromatic carbocycles. The Morgan fingerprint density at radius 1 is 1.62 bits per heavy atom. The summed E-state index contributed by atoms with van der Waals surface area (Å²) in [6.45, 7) is 3.52. The molecule has 0 radical (unpaired) electrons. The highest BCUT2D eigenvalue weighted by molar-refractivity contribution is 5.22. The smallest absolute Gasteiger partial charge is 0.330 e. The van der Waals surface area contributed by atoms with E-state index in [0.29, 0.717) is 4.57 Å². The summed E-state index contributed by atoms with van der Waals surface area (Å²) in [5.41, 5.74) is -4.10. The van der Waals surface area contributed by atoms with Gasteiger partial charge in [-0.25, -0.2) is 9.18 Å². The molecule has 1 saturated heterocycles. The molecule has 2 rings (SSSR count). The van der Waals surface area contributed by atoms with E-state index in [0.717, 1.165) is 12.3 Å². The van der Waals surface area contributed by atoms with E-state index in [2.05, 4.69) is 6.58 Å². The summed E-state index contributed by atoms with van der Waals surface area (Å²) in [6, 6.07) is 0.965. The number of halogens is 1. The van der Waals surface area contributed by atoms with Gasteiger partial charge in [-0.15, -0.1) is 0 Å². The molecule has 1 fully saturated rings. The lowest BCUT2D eigenvalue weighted by Crippen LogP contribution is -2.52. The molecule has 116 valence electrons.